The summed E-state index contributed by atoms with van der Waals surface area (Å²) < 4.78 is 5.35. The van der Waals surface area contributed by atoms with E-state index in [0.717, 1.165) is 30.0 Å². The lowest BCUT2D eigenvalue weighted by molar-refractivity contribution is 0.460. The molecule has 96 valence electrons. The third-order valence-electron chi connectivity index (χ3n) is 3.15. The number of likely N-dealkylation sites (N-methyl/N-ethyl adjacent to an activating group) is 1. The van der Waals surface area contributed by atoms with Crippen molar-refractivity contribution in [3.63, 3.8) is 0 Å². The largest absolute Gasteiger partial charge is 0.469 e. The molecule has 1 heterocycles. The van der Waals surface area contributed by atoms with Crippen LogP contribution in [0.3, 0.4) is 0 Å². The number of rotatable bonds is 6. The minimum absolute atomic E-state index is 0.412. The highest BCUT2D eigenvalue weighted by Gasteiger charge is 2.10. The molecular formula is C15H18ClNO. The molecule has 0 spiro atoms. The van der Waals surface area contributed by atoms with Crippen LogP contribution in [0.25, 0.3) is 0 Å². The molecule has 1 atom stereocenters. The fourth-order valence-corrected chi connectivity index (χ4v) is 2.26. The highest BCUT2D eigenvalue weighted by atomic mass is 35.5. The van der Waals surface area contributed by atoms with E-state index in [2.05, 4.69) is 11.4 Å². The molecule has 0 aliphatic carbocycles. The summed E-state index contributed by atoms with van der Waals surface area (Å²) in [6.45, 7) is 0. The predicted molar refractivity (Wildman–Crippen MR) is 75.0 cm³/mol. The maximum Gasteiger partial charge on any atom is 0.103 e. The Bertz CT molecular complexity index is 467. The lowest BCUT2D eigenvalue weighted by atomic mass is 10.0. The summed E-state index contributed by atoms with van der Waals surface area (Å²) >= 11 is 6.18. The lowest BCUT2D eigenvalue weighted by Gasteiger charge is -2.16. The van der Waals surface area contributed by atoms with Gasteiger partial charge in [0.15, 0.2) is 0 Å². The van der Waals surface area contributed by atoms with Crippen LogP contribution >= 0.6 is 11.6 Å². The average Bonchev–Trinajstić information content (AvgIpc) is 2.90. The van der Waals surface area contributed by atoms with Crippen molar-refractivity contribution in [1.29, 1.82) is 0 Å². The zero-order chi connectivity index (χ0) is 12.8. The molecule has 1 unspecified atom stereocenters. The van der Waals surface area contributed by atoms with Gasteiger partial charge in [-0.1, -0.05) is 29.8 Å². The topological polar surface area (TPSA) is 25.2 Å². The fourth-order valence-electron chi connectivity index (χ4n) is 2.05. The monoisotopic (exact) mass is 263 g/mol. The standard InChI is InChI=1S/C15H18ClNO/c1-17-13(8-9-14-6-4-10-18-14)11-12-5-2-3-7-15(12)16/h2-7,10,13,17H,8-9,11H2,1H3. The van der Waals surface area contributed by atoms with Crippen LogP contribution in [0.1, 0.15) is 17.7 Å². The maximum atomic E-state index is 6.18. The number of halogens is 1. The van der Waals surface area contributed by atoms with Crippen LogP contribution in [0.4, 0.5) is 0 Å². The van der Waals surface area contributed by atoms with Crippen molar-refractivity contribution in [3.05, 3.63) is 59.0 Å². The van der Waals surface area contributed by atoms with Crippen molar-refractivity contribution < 1.29 is 4.42 Å². The van der Waals surface area contributed by atoms with Crippen LogP contribution in [0.2, 0.25) is 5.02 Å². The second-order valence-electron chi connectivity index (χ2n) is 4.40. The molecule has 0 radical (unpaired) electrons. The zero-order valence-corrected chi connectivity index (χ0v) is 11.3. The van der Waals surface area contributed by atoms with Gasteiger partial charge in [0, 0.05) is 17.5 Å². The van der Waals surface area contributed by atoms with Gasteiger partial charge in [0.2, 0.25) is 0 Å². The van der Waals surface area contributed by atoms with E-state index >= 15 is 0 Å². The number of hydrogen-bond donors (Lipinski definition) is 1. The summed E-state index contributed by atoms with van der Waals surface area (Å²) in [4.78, 5) is 0. The molecule has 1 N–H and O–H groups in total. The van der Waals surface area contributed by atoms with E-state index in [0.29, 0.717) is 6.04 Å². The molecule has 1 aromatic heterocycles. The van der Waals surface area contributed by atoms with Gasteiger partial charge in [-0.3, -0.25) is 0 Å². The molecule has 1 aromatic carbocycles. The van der Waals surface area contributed by atoms with Gasteiger partial charge < -0.3 is 9.73 Å². The Kier molecular flexibility index (Phi) is 4.85. The van der Waals surface area contributed by atoms with Gasteiger partial charge in [-0.15, -0.1) is 0 Å². The summed E-state index contributed by atoms with van der Waals surface area (Å²) in [5.41, 5.74) is 1.19. The first-order valence-corrected chi connectivity index (χ1v) is 6.60. The molecule has 0 saturated heterocycles. The summed E-state index contributed by atoms with van der Waals surface area (Å²) in [6.07, 6.45) is 4.65. The Hall–Kier alpha value is -1.25. The number of nitrogens with one attached hydrogen (secondary N) is 1. The predicted octanol–water partition coefficient (Wildman–Crippen LogP) is 3.70. The number of furan rings is 1. The highest BCUT2D eigenvalue weighted by molar-refractivity contribution is 6.31. The molecule has 0 aliphatic rings. The SMILES string of the molecule is CNC(CCc1ccco1)Cc1ccccc1Cl. The van der Waals surface area contributed by atoms with E-state index in [-0.39, 0.29) is 0 Å². The molecule has 18 heavy (non-hydrogen) atoms. The lowest BCUT2D eigenvalue weighted by Crippen LogP contribution is -2.28. The molecule has 2 nitrogen and oxygen atoms in total. The molecule has 2 aromatic rings. The van der Waals surface area contributed by atoms with Gasteiger partial charge in [-0.25, -0.2) is 0 Å². The third-order valence-corrected chi connectivity index (χ3v) is 3.52. The summed E-state index contributed by atoms with van der Waals surface area (Å²) in [5.74, 6) is 1.04. The molecule has 0 bridgehead atoms. The first-order chi connectivity index (χ1) is 8.79. The molecular weight excluding hydrogens is 246 g/mol. The normalized spacial score (nSPS) is 12.6. The van der Waals surface area contributed by atoms with Gasteiger partial charge >= 0.3 is 0 Å². The Balaban J connectivity index is 1.91. The van der Waals surface area contributed by atoms with Crippen molar-refractivity contribution in [2.24, 2.45) is 0 Å². The second-order valence-corrected chi connectivity index (χ2v) is 4.81. The van der Waals surface area contributed by atoms with Crippen molar-refractivity contribution in [2.75, 3.05) is 7.05 Å². The van der Waals surface area contributed by atoms with E-state index in [1.54, 1.807) is 6.26 Å². The van der Waals surface area contributed by atoms with Crippen LogP contribution < -0.4 is 5.32 Å². The second kappa shape index (κ2) is 6.62. The van der Waals surface area contributed by atoms with E-state index in [1.807, 2.05) is 37.4 Å². The van der Waals surface area contributed by atoms with Crippen LogP contribution in [0.15, 0.2) is 47.1 Å². The van der Waals surface area contributed by atoms with Crippen molar-refractivity contribution >= 4 is 11.6 Å². The summed E-state index contributed by atoms with van der Waals surface area (Å²) in [7, 11) is 1.99. The van der Waals surface area contributed by atoms with Crippen LogP contribution in [0.5, 0.6) is 0 Å². The number of hydrogen-bond acceptors (Lipinski definition) is 2. The van der Waals surface area contributed by atoms with Crippen molar-refractivity contribution in [1.82, 2.24) is 5.32 Å². The van der Waals surface area contributed by atoms with E-state index in [4.69, 9.17) is 16.0 Å². The van der Waals surface area contributed by atoms with E-state index in [9.17, 15) is 0 Å². The Labute approximate surface area is 113 Å². The minimum atomic E-state index is 0.412. The minimum Gasteiger partial charge on any atom is -0.469 e. The molecule has 3 heteroatoms. The summed E-state index contributed by atoms with van der Waals surface area (Å²) in [5, 5.41) is 4.18. The maximum absolute atomic E-state index is 6.18. The van der Waals surface area contributed by atoms with Crippen LogP contribution in [-0.4, -0.2) is 13.1 Å². The van der Waals surface area contributed by atoms with Crippen LogP contribution in [-0.2, 0) is 12.8 Å². The van der Waals surface area contributed by atoms with Gasteiger partial charge in [0.25, 0.3) is 0 Å². The van der Waals surface area contributed by atoms with Gasteiger partial charge in [-0.05, 0) is 43.7 Å². The molecule has 0 aliphatic heterocycles. The Morgan fingerprint density at radius 2 is 2.06 bits per heavy atom. The van der Waals surface area contributed by atoms with Crippen molar-refractivity contribution in [2.45, 2.75) is 25.3 Å². The first kappa shape index (κ1) is 13.2. The van der Waals surface area contributed by atoms with E-state index < -0.39 is 0 Å². The fraction of sp³-hybridized carbons (Fsp3) is 0.333. The highest BCUT2D eigenvalue weighted by Crippen LogP contribution is 2.18. The number of benzene rings is 1. The zero-order valence-electron chi connectivity index (χ0n) is 10.5. The van der Waals surface area contributed by atoms with E-state index in [1.165, 1.54) is 5.56 Å². The Morgan fingerprint density at radius 1 is 1.22 bits per heavy atom. The average molecular weight is 264 g/mol. The van der Waals surface area contributed by atoms with Gasteiger partial charge in [-0.2, -0.15) is 0 Å². The molecule has 0 amide bonds. The van der Waals surface area contributed by atoms with Gasteiger partial charge in [0.1, 0.15) is 5.76 Å². The molecule has 0 fully saturated rings. The number of aryl methyl sites for hydroxylation is 1. The molecule has 2 rings (SSSR count). The van der Waals surface area contributed by atoms with Gasteiger partial charge in [0.05, 0.1) is 6.26 Å². The van der Waals surface area contributed by atoms with Crippen molar-refractivity contribution in [3.8, 4) is 0 Å². The van der Waals surface area contributed by atoms with Crippen LogP contribution in [0, 0.1) is 0 Å². The smallest absolute Gasteiger partial charge is 0.103 e. The first-order valence-electron chi connectivity index (χ1n) is 6.22. The quantitative estimate of drug-likeness (QED) is 0.860. The molecule has 0 saturated carbocycles. The summed E-state index contributed by atoms with van der Waals surface area (Å²) in [6, 6.07) is 12.4. The third kappa shape index (κ3) is 3.62. The Morgan fingerprint density at radius 3 is 2.72 bits per heavy atom.